The molecule has 1 aliphatic heterocycles. The molecule has 10 nitrogen and oxygen atoms in total. The van der Waals surface area contributed by atoms with Crippen LogP contribution in [0.5, 0.6) is 11.5 Å². The van der Waals surface area contributed by atoms with Crippen LogP contribution >= 0.6 is 23.2 Å². The molecule has 3 aliphatic rings. The van der Waals surface area contributed by atoms with Crippen molar-refractivity contribution in [3.63, 3.8) is 0 Å². The van der Waals surface area contributed by atoms with Gasteiger partial charge in [0.15, 0.2) is 11.5 Å². The van der Waals surface area contributed by atoms with Crippen molar-refractivity contribution < 1.29 is 45.4 Å². The molecule has 46 heavy (non-hydrogen) atoms. The fraction of sp³-hybridized carbons (Fsp3) is 0.500. The van der Waals surface area contributed by atoms with Crippen LogP contribution in [0, 0.1) is 11.8 Å². The number of fused-ring (bicyclic) bond motifs is 1. The van der Waals surface area contributed by atoms with Crippen LogP contribution in [0.25, 0.3) is 0 Å². The molecule has 0 spiro atoms. The Labute approximate surface area is 269 Å². The second-order valence-corrected chi connectivity index (χ2v) is 12.0. The van der Waals surface area contributed by atoms with E-state index in [1.807, 2.05) is 0 Å². The van der Waals surface area contributed by atoms with Crippen LogP contribution in [0.15, 0.2) is 24.9 Å². The normalized spacial score (nSPS) is 22.1. The number of amides is 3. The van der Waals surface area contributed by atoms with Gasteiger partial charge in [0.1, 0.15) is 15.9 Å². The van der Waals surface area contributed by atoms with Crippen LogP contribution in [0.2, 0.25) is 10.0 Å². The van der Waals surface area contributed by atoms with Gasteiger partial charge >= 0.3 is 18.8 Å². The van der Waals surface area contributed by atoms with Gasteiger partial charge in [0.25, 0.3) is 0 Å². The summed E-state index contributed by atoms with van der Waals surface area (Å²) in [6.07, 6.45) is -2.17. The van der Waals surface area contributed by atoms with Gasteiger partial charge in [-0.2, -0.15) is 4.98 Å². The number of hydrogen-bond acceptors (Lipinski definition) is 7. The van der Waals surface area contributed by atoms with Gasteiger partial charge < -0.3 is 20.1 Å². The molecule has 0 radical (unpaired) electrons. The third kappa shape index (κ3) is 7.32. The minimum atomic E-state index is -5.35. The number of aromatic nitrogens is 2. The molecule has 1 aromatic carbocycles. The van der Waals surface area contributed by atoms with Gasteiger partial charge in [-0.05, 0) is 37.2 Å². The molecule has 250 valence electrons. The van der Waals surface area contributed by atoms with Crippen molar-refractivity contribution in [2.75, 3.05) is 22.2 Å². The zero-order valence-corrected chi connectivity index (χ0v) is 25.7. The van der Waals surface area contributed by atoms with Crippen molar-refractivity contribution in [2.45, 2.75) is 69.9 Å². The minimum absolute atomic E-state index is 0.121. The fourth-order valence-electron chi connectivity index (χ4n) is 6.05. The third-order valence-electron chi connectivity index (χ3n) is 8.37. The molecule has 5 rings (SSSR count). The quantitative estimate of drug-likeness (QED) is 0.222. The molecule has 18 heteroatoms. The second-order valence-electron chi connectivity index (χ2n) is 11.2. The Balaban J connectivity index is 1.42. The highest BCUT2D eigenvalue weighted by molar-refractivity contribution is 6.42. The maximum Gasteiger partial charge on any atom is 0.573 e. The highest BCUT2D eigenvalue weighted by Gasteiger charge is 2.41. The first-order valence-electron chi connectivity index (χ1n) is 14.2. The predicted octanol–water partition coefficient (Wildman–Crippen LogP) is 7.21. The number of nitrogens with one attached hydrogen (secondary N) is 2. The molecule has 1 aromatic heterocycles. The fourth-order valence-corrected chi connectivity index (χ4v) is 6.67. The number of benzene rings is 1. The SMILES string of the molecule is C=CC(=O)N[C@H]1CC(C2CCC2)CC[C@H]1Nc1ncc2c(n1)N(C)C(=O)N(c1c(Cl)c(OC(F)(F)F)cc(OC(F)(F)F)c1Cl)C2. The molecule has 2 aromatic rings. The number of ether oxygens (including phenoxy) is 2. The standard InChI is InChI=1S/C28H28Cl2F6N6O4/c1-3-20(43)38-17-9-14(13-5-4-6-13)7-8-16(17)39-25-37-11-15-12-42(26(44)41(2)24(15)40-25)23-21(29)18(45-27(31,32)33)10-19(22(23)30)46-28(34,35)36/h3,10-11,13-14,16-17H,1,4-9,12H2,2H3,(H,38,43)(H,37,39,40)/t14?,16-,17+/m1/s1. The molecular weight excluding hydrogens is 669 g/mol. The summed E-state index contributed by atoms with van der Waals surface area (Å²) in [5.74, 6) is -1.48. The number of carbonyl (C=O) groups is 2. The molecule has 3 atom stereocenters. The van der Waals surface area contributed by atoms with E-state index in [-0.39, 0.29) is 41.4 Å². The smallest absolute Gasteiger partial charge is 0.404 e. The maximum atomic E-state index is 13.5. The minimum Gasteiger partial charge on any atom is -0.404 e. The van der Waals surface area contributed by atoms with Crippen molar-refractivity contribution in [1.82, 2.24) is 15.3 Å². The molecule has 2 N–H and O–H groups in total. The van der Waals surface area contributed by atoms with Gasteiger partial charge in [-0.3, -0.25) is 14.6 Å². The van der Waals surface area contributed by atoms with Gasteiger partial charge in [-0.15, -0.1) is 26.3 Å². The predicted molar refractivity (Wildman–Crippen MR) is 156 cm³/mol. The highest BCUT2D eigenvalue weighted by Crippen LogP contribution is 2.50. The molecule has 2 aliphatic carbocycles. The molecular formula is C28H28Cl2F6N6O4. The van der Waals surface area contributed by atoms with Crippen molar-refractivity contribution in [1.29, 1.82) is 0 Å². The summed E-state index contributed by atoms with van der Waals surface area (Å²) >= 11 is 12.3. The summed E-state index contributed by atoms with van der Waals surface area (Å²) in [7, 11) is 1.30. The summed E-state index contributed by atoms with van der Waals surface area (Å²) in [5, 5.41) is 4.47. The zero-order valence-electron chi connectivity index (χ0n) is 24.1. The molecule has 0 bridgehead atoms. The number of halogens is 8. The van der Waals surface area contributed by atoms with Gasteiger partial charge in [0.2, 0.25) is 11.9 Å². The van der Waals surface area contributed by atoms with E-state index in [0.717, 1.165) is 29.1 Å². The first kappa shape index (κ1) is 33.7. The van der Waals surface area contributed by atoms with Crippen molar-refractivity contribution >= 4 is 52.6 Å². The lowest BCUT2D eigenvalue weighted by atomic mass is 9.68. The lowest BCUT2D eigenvalue weighted by Crippen LogP contribution is -2.51. The Morgan fingerprint density at radius 3 is 2.20 bits per heavy atom. The van der Waals surface area contributed by atoms with E-state index < -0.39 is 52.5 Å². The van der Waals surface area contributed by atoms with Crippen molar-refractivity contribution in [2.24, 2.45) is 11.8 Å². The van der Waals surface area contributed by atoms with Crippen LogP contribution in [0.3, 0.4) is 0 Å². The van der Waals surface area contributed by atoms with Crippen LogP contribution in [-0.2, 0) is 11.3 Å². The molecule has 2 heterocycles. The van der Waals surface area contributed by atoms with E-state index in [9.17, 15) is 35.9 Å². The van der Waals surface area contributed by atoms with E-state index >= 15 is 0 Å². The Morgan fingerprint density at radius 1 is 1.02 bits per heavy atom. The molecule has 2 fully saturated rings. The van der Waals surface area contributed by atoms with Crippen LogP contribution in [0.4, 0.5) is 48.6 Å². The number of alkyl halides is 6. The van der Waals surface area contributed by atoms with Crippen LogP contribution < -0.4 is 29.9 Å². The highest BCUT2D eigenvalue weighted by atomic mass is 35.5. The van der Waals surface area contributed by atoms with Gasteiger partial charge in [0, 0.05) is 37.0 Å². The van der Waals surface area contributed by atoms with Crippen molar-refractivity contribution in [3.8, 4) is 11.5 Å². The van der Waals surface area contributed by atoms with E-state index in [0.29, 0.717) is 11.8 Å². The summed E-state index contributed by atoms with van der Waals surface area (Å²) in [4.78, 5) is 36.3. The average Bonchev–Trinajstić information content (AvgIpc) is 2.93. The molecule has 3 amide bonds. The summed E-state index contributed by atoms with van der Waals surface area (Å²) < 4.78 is 86.0. The largest absolute Gasteiger partial charge is 0.573 e. The van der Waals surface area contributed by atoms with Crippen LogP contribution in [0.1, 0.15) is 44.1 Å². The lowest BCUT2D eigenvalue weighted by molar-refractivity contribution is -0.276. The summed E-state index contributed by atoms with van der Waals surface area (Å²) in [5.41, 5.74) is -0.441. The lowest BCUT2D eigenvalue weighted by Gasteiger charge is -2.43. The number of hydrogen-bond donors (Lipinski definition) is 2. The number of anilines is 3. The van der Waals surface area contributed by atoms with Gasteiger partial charge in [0.05, 0.1) is 12.2 Å². The van der Waals surface area contributed by atoms with E-state index in [1.54, 1.807) is 0 Å². The molecule has 2 saturated carbocycles. The van der Waals surface area contributed by atoms with Gasteiger partial charge in [-0.1, -0.05) is 49.0 Å². The second kappa shape index (κ2) is 12.9. The Bertz CT molecular complexity index is 1480. The monoisotopic (exact) mass is 696 g/mol. The number of nitrogens with zero attached hydrogens (tertiary/aromatic N) is 4. The number of rotatable bonds is 8. The van der Waals surface area contributed by atoms with Gasteiger partial charge in [-0.25, -0.2) is 9.78 Å². The first-order chi connectivity index (χ1) is 21.5. The zero-order chi connectivity index (χ0) is 33.6. The summed E-state index contributed by atoms with van der Waals surface area (Å²) in [6, 6.07) is -1.17. The van der Waals surface area contributed by atoms with E-state index in [1.165, 1.54) is 38.6 Å². The summed E-state index contributed by atoms with van der Waals surface area (Å²) in [6.45, 7) is 3.10. The average molecular weight is 697 g/mol. The topological polar surface area (TPSA) is 109 Å². The van der Waals surface area contributed by atoms with E-state index in [4.69, 9.17) is 23.2 Å². The third-order valence-corrected chi connectivity index (χ3v) is 9.10. The maximum absolute atomic E-state index is 13.5. The molecule has 0 saturated heterocycles. The van der Waals surface area contributed by atoms with Crippen LogP contribution in [-0.4, -0.2) is 53.8 Å². The van der Waals surface area contributed by atoms with E-state index in [2.05, 4.69) is 36.7 Å². The van der Waals surface area contributed by atoms with Crippen molar-refractivity contribution in [3.05, 3.63) is 40.5 Å². The first-order valence-corrected chi connectivity index (χ1v) is 14.9. The Hall–Kier alpha value is -3.66. The Kier molecular flexibility index (Phi) is 9.42. The molecule has 1 unspecified atom stereocenters. The number of urea groups is 1. The number of carbonyl (C=O) groups excluding carboxylic acids is 2. The Morgan fingerprint density at radius 2 is 1.65 bits per heavy atom.